The maximum atomic E-state index is 12.2. The molecule has 1 aromatic rings. The zero-order chi connectivity index (χ0) is 19.2. The molecule has 0 bridgehead atoms. The van der Waals surface area contributed by atoms with Gasteiger partial charge in [-0.05, 0) is 24.1 Å². The topological polar surface area (TPSA) is 144 Å². The summed E-state index contributed by atoms with van der Waals surface area (Å²) >= 11 is 0. The fourth-order valence-electron chi connectivity index (χ4n) is 3.16. The highest BCUT2D eigenvalue weighted by molar-refractivity contribution is 6.17. The minimum absolute atomic E-state index is 0.0124. The number of nitrogens with zero attached hydrogens (tertiary/aromatic N) is 1. The Morgan fingerprint density at radius 1 is 1.08 bits per heavy atom. The van der Waals surface area contributed by atoms with E-state index in [1.54, 1.807) is 0 Å². The lowest BCUT2D eigenvalue weighted by Gasteiger charge is -2.24. The lowest BCUT2D eigenvalue weighted by atomic mass is 9.83. The number of nitrogens with two attached hydrogens (primary N) is 1. The maximum absolute atomic E-state index is 12.2. The summed E-state index contributed by atoms with van der Waals surface area (Å²) in [7, 11) is 0. The van der Waals surface area contributed by atoms with Gasteiger partial charge in [0.2, 0.25) is 0 Å². The van der Waals surface area contributed by atoms with E-state index in [0.29, 0.717) is 5.06 Å². The molecule has 9 heteroatoms. The molecule has 136 valence electrons. The summed E-state index contributed by atoms with van der Waals surface area (Å²) < 4.78 is 0. The fourth-order valence-corrected chi connectivity index (χ4v) is 3.16. The zero-order valence-electron chi connectivity index (χ0n) is 13.9. The Kier molecular flexibility index (Phi) is 4.11. The Balaban J connectivity index is 1.94. The summed E-state index contributed by atoms with van der Waals surface area (Å²) in [5, 5.41) is 10.7. The van der Waals surface area contributed by atoms with Crippen molar-refractivity contribution in [3.05, 3.63) is 28.8 Å². The molecule has 1 heterocycles. The Morgan fingerprint density at radius 3 is 2.15 bits per heavy atom. The van der Waals surface area contributed by atoms with E-state index in [4.69, 9.17) is 10.6 Å². The monoisotopic (exact) mass is 360 g/mol. The summed E-state index contributed by atoms with van der Waals surface area (Å²) in [6, 6.07) is 2.43. The average molecular weight is 360 g/mol. The number of amides is 2. The first-order valence-corrected chi connectivity index (χ1v) is 7.94. The molecule has 3 N–H and O–H groups in total. The second-order valence-electron chi connectivity index (χ2n) is 6.25. The van der Waals surface area contributed by atoms with Gasteiger partial charge in [0.05, 0.1) is 0 Å². The average Bonchev–Trinajstić information content (AvgIpc) is 3.05. The number of carbonyl (C=O) groups excluding carboxylic acids is 5. The summed E-state index contributed by atoms with van der Waals surface area (Å²) in [6.07, 6.45) is -0.0943. The van der Waals surface area contributed by atoms with Gasteiger partial charge in [0, 0.05) is 25.7 Å². The summed E-state index contributed by atoms with van der Waals surface area (Å²) in [4.78, 5) is 64.2. The van der Waals surface area contributed by atoms with Crippen molar-refractivity contribution in [2.24, 2.45) is 5.73 Å². The predicted octanol–water partition coefficient (Wildman–Crippen LogP) is 0.00742. The standard InChI is InChI=1S/C17H16N2O7/c1-8-10(17(18)11(20)4-5-12(17)21)3-2-9(15(8)24)16(25)26-19-13(22)6-7-14(19)23/h2-3,24H,4-7,18H2,1H3. The summed E-state index contributed by atoms with van der Waals surface area (Å²) in [5.41, 5.74) is 4.01. The Bertz CT molecular complexity index is 842. The third kappa shape index (κ3) is 2.48. The van der Waals surface area contributed by atoms with Crippen LogP contribution in [-0.4, -0.2) is 39.5 Å². The van der Waals surface area contributed by atoms with Crippen molar-refractivity contribution in [2.45, 2.75) is 38.1 Å². The first kappa shape index (κ1) is 17.7. The Hall–Kier alpha value is -3.07. The first-order valence-electron chi connectivity index (χ1n) is 7.94. The van der Waals surface area contributed by atoms with Crippen molar-refractivity contribution in [1.29, 1.82) is 0 Å². The van der Waals surface area contributed by atoms with E-state index in [9.17, 15) is 29.1 Å². The molecule has 2 amide bonds. The molecule has 0 unspecified atom stereocenters. The molecule has 0 atom stereocenters. The molecule has 1 saturated heterocycles. The summed E-state index contributed by atoms with van der Waals surface area (Å²) in [5.74, 6) is -3.89. The van der Waals surface area contributed by atoms with Gasteiger partial charge in [0.1, 0.15) is 11.3 Å². The number of aromatic hydroxyl groups is 1. The smallest absolute Gasteiger partial charge is 0.367 e. The second kappa shape index (κ2) is 6.03. The van der Waals surface area contributed by atoms with Crippen molar-refractivity contribution in [2.75, 3.05) is 0 Å². The second-order valence-corrected chi connectivity index (χ2v) is 6.25. The highest BCUT2D eigenvalue weighted by atomic mass is 16.7. The van der Waals surface area contributed by atoms with Crippen molar-refractivity contribution in [3.8, 4) is 5.75 Å². The Labute approximate surface area is 147 Å². The number of carbonyl (C=O) groups is 5. The zero-order valence-corrected chi connectivity index (χ0v) is 13.9. The molecule has 3 rings (SSSR count). The van der Waals surface area contributed by atoms with Crippen LogP contribution in [0.1, 0.15) is 47.2 Å². The molecule has 26 heavy (non-hydrogen) atoms. The van der Waals surface area contributed by atoms with Crippen LogP contribution >= 0.6 is 0 Å². The van der Waals surface area contributed by atoms with Gasteiger partial charge in [-0.2, -0.15) is 0 Å². The van der Waals surface area contributed by atoms with Crippen LogP contribution in [0.25, 0.3) is 0 Å². The number of benzene rings is 1. The summed E-state index contributed by atoms with van der Waals surface area (Å²) in [6.45, 7) is 1.40. The molecule has 0 spiro atoms. The molecule has 2 aliphatic rings. The van der Waals surface area contributed by atoms with Gasteiger partial charge in [0.25, 0.3) is 11.8 Å². The molecular weight excluding hydrogens is 344 g/mol. The van der Waals surface area contributed by atoms with Crippen LogP contribution in [0.15, 0.2) is 12.1 Å². The van der Waals surface area contributed by atoms with Crippen LogP contribution in [0, 0.1) is 6.92 Å². The van der Waals surface area contributed by atoms with Crippen molar-refractivity contribution < 1.29 is 33.9 Å². The molecule has 0 aromatic heterocycles. The van der Waals surface area contributed by atoms with E-state index in [1.165, 1.54) is 13.0 Å². The van der Waals surface area contributed by atoms with Crippen molar-refractivity contribution in [3.63, 3.8) is 0 Å². The number of ketones is 2. The van der Waals surface area contributed by atoms with E-state index in [1.807, 2.05) is 0 Å². The molecular formula is C17H16N2O7. The number of Topliss-reactive ketones (excluding diaryl/α,β-unsaturated/α-hetero) is 2. The minimum atomic E-state index is -1.86. The molecule has 1 aromatic carbocycles. The highest BCUT2D eigenvalue weighted by Gasteiger charge is 2.49. The minimum Gasteiger partial charge on any atom is -0.507 e. The van der Waals surface area contributed by atoms with E-state index < -0.39 is 40.6 Å². The number of hydroxylamine groups is 2. The largest absolute Gasteiger partial charge is 0.507 e. The quantitative estimate of drug-likeness (QED) is 0.566. The third-order valence-electron chi connectivity index (χ3n) is 4.71. The number of phenols is 1. The molecule has 0 radical (unpaired) electrons. The van der Waals surface area contributed by atoms with Gasteiger partial charge in [-0.15, -0.1) is 5.06 Å². The predicted molar refractivity (Wildman–Crippen MR) is 84.5 cm³/mol. The highest BCUT2D eigenvalue weighted by Crippen LogP contribution is 2.37. The normalized spacial score (nSPS) is 19.4. The SMILES string of the molecule is Cc1c(C2(N)C(=O)CCC2=O)ccc(C(=O)ON2C(=O)CCC2=O)c1O. The van der Waals surface area contributed by atoms with Crippen molar-refractivity contribution >= 4 is 29.4 Å². The Morgan fingerprint density at radius 2 is 1.62 bits per heavy atom. The first-order chi connectivity index (χ1) is 12.2. The van der Waals surface area contributed by atoms with Gasteiger partial charge in [-0.3, -0.25) is 19.2 Å². The van der Waals surface area contributed by atoms with Crippen LogP contribution in [0.4, 0.5) is 0 Å². The molecule has 1 aliphatic heterocycles. The van der Waals surface area contributed by atoms with E-state index >= 15 is 0 Å². The lowest BCUT2D eigenvalue weighted by molar-refractivity contribution is -0.172. The van der Waals surface area contributed by atoms with E-state index in [0.717, 1.165) is 6.07 Å². The van der Waals surface area contributed by atoms with Gasteiger partial charge in [-0.25, -0.2) is 4.79 Å². The molecule has 1 saturated carbocycles. The van der Waals surface area contributed by atoms with Crippen LogP contribution < -0.4 is 5.73 Å². The molecule has 2 fully saturated rings. The van der Waals surface area contributed by atoms with Crippen LogP contribution in [0.2, 0.25) is 0 Å². The third-order valence-corrected chi connectivity index (χ3v) is 4.71. The van der Waals surface area contributed by atoms with Crippen LogP contribution in [0.3, 0.4) is 0 Å². The maximum Gasteiger partial charge on any atom is 0.367 e. The van der Waals surface area contributed by atoms with Crippen molar-refractivity contribution in [1.82, 2.24) is 5.06 Å². The molecule has 9 nitrogen and oxygen atoms in total. The van der Waals surface area contributed by atoms with Crippen LogP contribution in [-0.2, 0) is 29.6 Å². The van der Waals surface area contributed by atoms with Gasteiger partial charge < -0.3 is 15.7 Å². The number of hydrogen-bond acceptors (Lipinski definition) is 8. The van der Waals surface area contributed by atoms with E-state index in [2.05, 4.69) is 0 Å². The van der Waals surface area contributed by atoms with Gasteiger partial charge in [-0.1, -0.05) is 6.07 Å². The molecule has 1 aliphatic carbocycles. The fraction of sp³-hybridized carbons (Fsp3) is 0.353. The number of imide groups is 1. The van der Waals surface area contributed by atoms with E-state index in [-0.39, 0.29) is 42.4 Å². The number of phenolic OH excluding ortho intramolecular Hbond substituents is 1. The van der Waals surface area contributed by atoms with Gasteiger partial charge >= 0.3 is 5.97 Å². The van der Waals surface area contributed by atoms with Gasteiger partial charge in [0.15, 0.2) is 17.1 Å². The van der Waals surface area contributed by atoms with Crippen LogP contribution in [0.5, 0.6) is 5.75 Å². The number of hydrogen-bond donors (Lipinski definition) is 2. The lowest BCUT2D eigenvalue weighted by Crippen LogP contribution is -2.47. The number of rotatable bonds is 3.